The SMILES string of the molecule is COc1ccc(C(=O)Nc2ccc(C)cc2C(=O)N/N=C/c2ccc(C)cc2)cc1OC. The lowest BCUT2D eigenvalue weighted by Gasteiger charge is -2.13. The third kappa shape index (κ3) is 5.51. The Hall–Kier alpha value is -4.13. The van der Waals surface area contributed by atoms with Crippen LogP contribution in [0.4, 0.5) is 5.69 Å². The van der Waals surface area contributed by atoms with Crippen LogP contribution >= 0.6 is 0 Å². The van der Waals surface area contributed by atoms with Crippen LogP contribution in [0.1, 0.15) is 37.4 Å². The highest BCUT2D eigenvalue weighted by Gasteiger charge is 2.16. The summed E-state index contributed by atoms with van der Waals surface area (Å²) in [6, 6.07) is 17.8. The number of benzene rings is 3. The minimum atomic E-state index is -0.431. The molecule has 0 radical (unpaired) electrons. The van der Waals surface area contributed by atoms with E-state index >= 15 is 0 Å². The van der Waals surface area contributed by atoms with Gasteiger partial charge in [0.2, 0.25) is 0 Å². The monoisotopic (exact) mass is 431 g/mol. The Kier molecular flexibility index (Phi) is 7.23. The lowest BCUT2D eigenvalue weighted by Crippen LogP contribution is -2.21. The van der Waals surface area contributed by atoms with Crippen molar-refractivity contribution in [2.45, 2.75) is 13.8 Å². The Balaban J connectivity index is 1.77. The number of carbonyl (C=O) groups is 2. The van der Waals surface area contributed by atoms with Crippen LogP contribution in [0.2, 0.25) is 0 Å². The smallest absolute Gasteiger partial charge is 0.273 e. The molecule has 0 aliphatic rings. The van der Waals surface area contributed by atoms with Crippen LogP contribution in [0.3, 0.4) is 0 Å². The molecule has 0 heterocycles. The molecule has 7 heteroatoms. The number of carbonyl (C=O) groups excluding carboxylic acids is 2. The first kappa shape index (κ1) is 22.6. The van der Waals surface area contributed by atoms with Gasteiger partial charge in [-0.15, -0.1) is 0 Å². The van der Waals surface area contributed by atoms with Crippen molar-refractivity contribution in [1.29, 1.82) is 0 Å². The van der Waals surface area contributed by atoms with Crippen LogP contribution < -0.4 is 20.2 Å². The summed E-state index contributed by atoms with van der Waals surface area (Å²) >= 11 is 0. The van der Waals surface area contributed by atoms with Crippen molar-refractivity contribution in [3.05, 3.63) is 88.5 Å². The molecule has 0 aromatic heterocycles. The van der Waals surface area contributed by atoms with Crippen LogP contribution in [-0.2, 0) is 0 Å². The van der Waals surface area contributed by atoms with Crippen LogP contribution in [0, 0.1) is 13.8 Å². The number of hydrogen-bond acceptors (Lipinski definition) is 5. The Bertz CT molecular complexity index is 1150. The average Bonchev–Trinajstić information content (AvgIpc) is 2.80. The fourth-order valence-electron chi connectivity index (χ4n) is 3.01. The fourth-order valence-corrected chi connectivity index (χ4v) is 3.01. The van der Waals surface area contributed by atoms with Gasteiger partial charge in [0.05, 0.1) is 31.7 Å². The van der Waals surface area contributed by atoms with E-state index in [1.54, 1.807) is 36.5 Å². The van der Waals surface area contributed by atoms with Gasteiger partial charge in [-0.1, -0.05) is 41.5 Å². The largest absolute Gasteiger partial charge is 0.493 e. The van der Waals surface area contributed by atoms with E-state index in [0.717, 1.165) is 16.7 Å². The second-order valence-electron chi connectivity index (χ2n) is 7.18. The van der Waals surface area contributed by atoms with Crippen molar-refractivity contribution in [3.8, 4) is 11.5 Å². The topological polar surface area (TPSA) is 89.0 Å². The number of nitrogens with one attached hydrogen (secondary N) is 2. The van der Waals surface area contributed by atoms with E-state index in [9.17, 15) is 9.59 Å². The van der Waals surface area contributed by atoms with E-state index in [4.69, 9.17) is 9.47 Å². The molecule has 32 heavy (non-hydrogen) atoms. The summed E-state index contributed by atoms with van der Waals surface area (Å²) < 4.78 is 10.5. The summed E-state index contributed by atoms with van der Waals surface area (Å²) in [6.07, 6.45) is 1.56. The molecule has 0 saturated carbocycles. The molecule has 0 fully saturated rings. The lowest BCUT2D eigenvalue weighted by molar-refractivity contribution is 0.0956. The second kappa shape index (κ2) is 10.3. The molecule has 0 spiro atoms. The van der Waals surface area contributed by atoms with E-state index < -0.39 is 5.91 Å². The molecule has 3 aromatic carbocycles. The van der Waals surface area contributed by atoms with Crippen LogP contribution in [0.15, 0.2) is 65.8 Å². The standard InChI is InChI=1S/C25H25N3O4/c1-16-5-8-18(9-6-16)15-26-28-25(30)20-13-17(2)7-11-21(20)27-24(29)19-10-12-22(31-3)23(14-19)32-4/h5-15H,1-4H3,(H,27,29)(H,28,30)/b26-15+. The fraction of sp³-hybridized carbons (Fsp3) is 0.160. The second-order valence-corrected chi connectivity index (χ2v) is 7.18. The lowest BCUT2D eigenvalue weighted by atomic mass is 10.1. The molecule has 0 aliphatic carbocycles. The minimum absolute atomic E-state index is 0.305. The van der Waals surface area contributed by atoms with Gasteiger partial charge >= 0.3 is 0 Å². The number of methoxy groups -OCH3 is 2. The van der Waals surface area contributed by atoms with Crippen molar-refractivity contribution < 1.29 is 19.1 Å². The first-order valence-electron chi connectivity index (χ1n) is 9.95. The van der Waals surface area contributed by atoms with Gasteiger partial charge in [-0.2, -0.15) is 5.10 Å². The molecule has 0 aliphatic heterocycles. The summed E-state index contributed by atoms with van der Waals surface area (Å²) in [5.41, 5.74) is 6.44. The normalized spacial score (nSPS) is 10.6. The van der Waals surface area contributed by atoms with E-state index in [-0.39, 0.29) is 5.91 Å². The molecule has 0 bridgehead atoms. The molecule has 164 valence electrons. The highest BCUT2D eigenvalue weighted by atomic mass is 16.5. The Morgan fingerprint density at radius 1 is 0.812 bits per heavy atom. The number of anilines is 1. The van der Waals surface area contributed by atoms with Crippen molar-refractivity contribution in [1.82, 2.24) is 5.43 Å². The van der Waals surface area contributed by atoms with Crippen molar-refractivity contribution >= 4 is 23.7 Å². The first-order chi connectivity index (χ1) is 15.4. The third-order valence-corrected chi connectivity index (χ3v) is 4.77. The zero-order valence-electron chi connectivity index (χ0n) is 18.4. The van der Waals surface area contributed by atoms with Crippen molar-refractivity contribution in [2.24, 2.45) is 5.10 Å². The molecule has 3 aromatic rings. The minimum Gasteiger partial charge on any atom is -0.493 e. The molecule has 2 N–H and O–H groups in total. The van der Waals surface area contributed by atoms with Crippen molar-refractivity contribution in [2.75, 3.05) is 19.5 Å². The number of hydrogen-bond donors (Lipinski definition) is 2. The maximum absolute atomic E-state index is 12.8. The molecular formula is C25H25N3O4. The molecule has 3 rings (SSSR count). The highest BCUT2D eigenvalue weighted by molar-refractivity contribution is 6.09. The number of ether oxygens (including phenoxy) is 2. The molecule has 7 nitrogen and oxygen atoms in total. The van der Waals surface area contributed by atoms with E-state index in [0.29, 0.717) is 28.3 Å². The first-order valence-corrected chi connectivity index (χ1v) is 9.95. The highest BCUT2D eigenvalue weighted by Crippen LogP contribution is 2.28. The Morgan fingerprint density at radius 3 is 2.19 bits per heavy atom. The van der Waals surface area contributed by atoms with Crippen LogP contribution in [0.5, 0.6) is 11.5 Å². The summed E-state index contributed by atoms with van der Waals surface area (Å²) in [5, 5.41) is 6.82. The molecular weight excluding hydrogens is 406 g/mol. The van der Waals surface area contributed by atoms with Gasteiger partial charge < -0.3 is 14.8 Å². The predicted molar refractivity (Wildman–Crippen MR) is 125 cm³/mol. The van der Waals surface area contributed by atoms with Gasteiger partial charge in [0.25, 0.3) is 11.8 Å². The molecule has 0 atom stereocenters. The quantitative estimate of drug-likeness (QED) is 0.430. The van der Waals surface area contributed by atoms with Gasteiger partial charge in [0.1, 0.15) is 0 Å². The predicted octanol–water partition coefficient (Wildman–Crippen LogP) is 4.34. The van der Waals surface area contributed by atoms with Gasteiger partial charge in [-0.25, -0.2) is 5.43 Å². The maximum Gasteiger partial charge on any atom is 0.273 e. The number of rotatable bonds is 7. The van der Waals surface area contributed by atoms with E-state index in [1.807, 2.05) is 44.2 Å². The zero-order valence-corrected chi connectivity index (χ0v) is 18.4. The van der Waals surface area contributed by atoms with Gasteiger partial charge in [0, 0.05) is 5.56 Å². The number of hydrazone groups is 1. The van der Waals surface area contributed by atoms with E-state index in [2.05, 4.69) is 15.8 Å². The maximum atomic E-state index is 12.8. The zero-order chi connectivity index (χ0) is 23.1. The molecule has 2 amide bonds. The number of amides is 2. The number of aryl methyl sites for hydroxylation is 2. The third-order valence-electron chi connectivity index (χ3n) is 4.77. The van der Waals surface area contributed by atoms with Gasteiger partial charge in [-0.3, -0.25) is 9.59 Å². The van der Waals surface area contributed by atoms with Crippen molar-refractivity contribution in [3.63, 3.8) is 0 Å². The van der Waals surface area contributed by atoms with Crippen LogP contribution in [0.25, 0.3) is 0 Å². The average molecular weight is 431 g/mol. The Morgan fingerprint density at radius 2 is 1.50 bits per heavy atom. The summed E-state index contributed by atoms with van der Waals surface area (Å²) in [5.74, 6) is 0.144. The van der Waals surface area contributed by atoms with E-state index in [1.165, 1.54) is 14.2 Å². The molecule has 0 saturated heterocycles. The Labute approximate surface area is 187 Å². The summed E-state index contributed by atoms with van der Waals surface area (Å²) in [7, 11) is 3.02. The van der Waals surface area contributed by atoms with Gasteiger partial charge in [0.15, 0.2) is 11.5 Å². The summed E-state index contributed by atoms with van der Waals surface area (Å²) in [4.78, 5) is 25.6. The summed E-state index contributed by atoms with van der Waals surface area (Å²) in [6.45, 7) is 3.87. The van der Waals surface area contributed by atoms with Crippen LogP contribution in [-0.4, -0.2) is 32.2 Å². The number of nitrogens with zero attached hydrogens (tertiary/aromatic N) is 1. The van der Waals surface area contributed by atoms with Gasteiger partial charge in [-0.05, 0) is 49.7 Å². The molecule has 0 unspecified atom stereocenters.